The van der Waals surface area contributed by atoms with Crippen LogP contribution in [0.1, 0.15) is 29.3 Å². The fraction of sp³-hybridized carbons (Fsp3) is 0.207. The molecule has 1 aromatic heterocycles. The second kappa shape index (κ2) is 10.8. The first-order chi connectivity index (χ1) is 17.7. The zero-order valence-corrected chi connectivity index (χ0v) is 21.0. The number of ether oxygens (including phenoxy) is 2. The van der Waals surface area contributed by atoms with Gasteiger partial charge in [-0.2, -0.15) is 13.2 Å². The summed E-state index contributed by atoms with van der Waals surface area (Å²) in [4.78, 5) is 5.46. The van der Waals surface area contributed by atoms with E-state index >= 15 is 0 Å². The minimum absolute atomic E-state index is 0.0811. The molecule has 8 heteroatoms. The van der Waals surface area contributed by atoms with Crippen molar-refractivity contribution in [2.75, 3.05) is 14.2 Å². The Hall–Kier alpha value is -4.20. The molecule has 4 aromatic rings. The van der Waals surface area contributed by atoms with Gasteiger partial charge in [0.15, 0.2) is 0 Å². The van der Waals surface area contributed by atoms with Crippen LogP contribution in [0.3, 0.4) is 0 Å². The molecule has 0 saturated carbocycles. The van der Waals surface area contributed by atoms with E-state index in [1.54, 1.807) is 20.3 Å². The molecule has 0 radical (unpaired) electrons. The number of hydrogen-bond donors (Lipinski definition) is 0. The Labute approximate surface area is 213 Å². The lowest BCUT2D eigenvalue weighted by Crippen LogP contribution is -2.05. The number of halogens is 3. The number of nitrogens with zero attached hydrogens (tertiary/aromatic N) is 2. The highest BCUT2D eigenvalue weighted by atomic mass is 19.4. The van der Waals surface area contributed by atoms with Gasteiger partial charge >= 0.3 is 6.18 Å². The quantitative estimate of drug-likeness (QED) is 0.184. The van der Waals surface area contributed by atoms with Crippen LogP contribution in [0.2, 0.25) is 0 Å². The highest BCUT2D eigenvalue weighted by Gasteiger charge is 2.30. The SMILES string of the molecule is COc1ccc(-c2cc(C(C)=NOCc3cccc(C(F)(F)F)c3)c(C)n2-c2cccc(OC)c2)cc1. The van der Waals surface area contributed by atoms with Gasteiger partial charge in [0.05, 0.1) is 31.2 Å². The second-order valence-electron chi connectivity index (χ2n) is 8.44. The van der Waals surface area contributed by atoms with Crippen LogP contribution in [0.4, 0.5) is 13.2 Å². The van der Waals surface area contributed by atoms with Crippen molar-refractivity contribution in [3.8, 4) is 28.4 Å². The van der Waals surface area contributed by atoms with Crippen LogP contribution in [-0.2, 0) is 17.6 Å². The van der Waals surface area contributed by atoms with Crippen LogP contribution in [0.15, 0.2) is 84.0 Å². The molecular weight excluding hydrogens is 481 g/mol. The molecule has 0 aliphatic rings. The first-order valence-electron chi connectivity index (χ1n) is 11.6. The number of methoxy groups -OCH3 is 2. The Morgan fingerprint density at radius 1 is 0.865 bits per heavy atom. The molecule has 1 heterocycles. The average Bonchev–Trinajstić information content (AvgIpc) is 3.25. The fourth-order valence-corrected chi connectivity index (χ4v) is 4.12. The van der Waals surface area contributed by atoms with Crippen LogP contribution in [0.25, 0.3) is 16.9 Å². The van der Waals surface area contributed by atoms with E-state index in [0.29, 0.717) is 11.3 Å². The zero-order valence-electron chi connectivity index (χ0n) is 21.0. The van der Waals surface area contributed by atoms with E-state index in [4.69, 9.17) is 14.3 Å². The van der Waals surface area contributed by atoms with Crippen molar-refractivity contribution in [2.45, 2.75) is 26.6 Å². The number of hydrogen-bond acceptors (Lipinski definition) is 4. The maximum absolute atomic E-state index is 13.0. The van der Waals surface area contributed by atoms with Crippen molar-refractivity contribution < 1.29 is 27.5 Å². The molecular formula is C29H27F3N2O3. The molecule has 0 amide bonds. The van der Waals surface area contributed by atoms with Gasteiger partial charge in [0.2, 0.25) is 0 Å². The summed E-state index contributed by atoms with van der Waals surface area (Å²) in [5.41, 5.74) is 4.83. The lowest BCUT2D eigenvalue weighted by atomic mass is 10.1. The lowest BCUT2D eigenvalue weighted by Gasteiger charge is -2.14. The predicted octanol–water partition coefficient (Wildman–Crippen LogP) is 7.43. The van der Waals surface area contributed by atoms with E-state index in [-0.39, 0.29) is 6.61 Å². The Kier molecular flexibility index (Phi) is 7.57. The highest BCUT2D eigenvalue weighted by molar-refractivity contribution is 6.01. The Morgan fingerprint density at radius 2 is 1.57 bits per heavy atom. The zero-order chi connectivity index (χ0) is 26.6. The molecule has 0 saturated heterocycles. The summed E-state index contributed by atoms with van der Waals surface area (Å²) in [6, 6.07) is 22.5. The largest absolute Gasteiger partial charge is 0.497 e. The van der Waals surface area contributed by atoms with Crippen LogP contribution < -0.4 is 9.47 Å². The van der Waals surface area contributed by atoms with Crippen LogP contribution in [0.5, 0.6) is 11.5 Å². The summed E-state index contributed by atoms with van der Waals surface area (Å²) < 4.78 is 51.9. The van der Waals surface area contributed by atoms with E-state index < -0.39 is 11.7 Å². The number of benzene rings is 3. The topological polar surface area (TPSA) is 45.0 Å². The van der Waals surface area contributed by atoms with Crippen molar-refractivity contribution in [3.63, 3.8) is 0 Å². The van der Waals surface area contributed by atoms with Gasteiger partial charge in [0.25, 0.3) is 0 Å². The molecule has 0 aliphatic heterocycles. The number of oxime groups is 1. The monoisotopic (exact) mass is 508 g/mol. The minimum atomic E-state index is -4.41. The molecule has 0 aliphatic carbocycles. The first-order valence-corrected chi connectivity index (χ1v) is 11.6. The van der Waals surface area contributed by atoms with Gasteiger partial charge in [0, 0.05) is 23.0 Å². The Balaban J connectivity index is 1.69. The second-order valence-corrected chi connectivity index (χ2v) is 8.44. The fourth-order valence-electron chi connectivity index (χ4n) is 4.12. The third-order valence-electron chi connectivity index (χ3n) is 6.02. The van der Waals surface area contributed by atoms with Crippen molar-refractivity contribution >= 4 is 5.71 Å². The molecule has 0 bridgehead atoms. The van der Waals surface area contributed by atoms with E-state index in [1.165, 1.54) is 6.07 Å². The first kappa shape index (κ1) is 25.9. The normalized spacial score (nSPS) is 11.9. The molecule has 3 aromatic carbocycles. The maximum Gasteiger partial charge on any atom is 0.416 e. The molecule has 37 heavy (non-hydrogen) atoms. The highest BCUT2D eigenvalue weighted by Crippen LogP contribution is 2.33. The summed E-state index contributed by atoms with van der Waals surface area (Å²) in [7, 11) is 3.24. The summed E-state index contributed by atoms with van der Waals surface area (Å²) in [5.74, 6) is 1.48. The van der Waals surface area contributed by atoms with E-state index in [0.717, 1.165) is 51.8 Å². The smallest absolute Gasteiger partial charge is 0.416 e. The Morgan fingerprint density at radius 3 is 2.24 bits per heavy atom. The predicted molar refractivity (Wildman–Crippen MR) is 137 cm³/mol. The van der Waals surface area contributed by atoms with E-state index in [1.807, 2.05) is 68.4 Å². The van der Waals surface area contributed by atoms with Gasteiger partial charge in [-0.05, 0) is 79.6 Å². The van der Waals surface area contributed by atoms with Crippen molar-refractivity contribution in [1.29, 1.82) is 0 Å². The average molecular weight is 509 g/mol. The van der Waals surface area contributed by atoms with Gasteiger partial charge in [-0.15, -0.1) is 0 Å². The standard InChI is InChI=1S/C29H27F3N2O3/c1-19(33-37-18-21-7-5-8-23(15-21)29(30,31)32)27-17-28(22-11-13-25(35-3)14-12-22)34(20(27)2)24-9-6-10-26(16-24)36-4/h5-17H,18H2,1-4H3. The van der Waals surface area contributed by atoms with Gasteiger partial charge < -0.3 is 18.9 Å². The number of alkyl halides is 3. The number of aromatic nitrogens is 1. The molecule has 192 valence electrons. The van der Waals surface area contributed by atoms with Crippen molar-refractivity contribution in [2.24, 2.45) is 5.16 Å². The van der Waals surface area contributed by atoms with Crippen molar-refractivity contribution in [3.05, 3.63) is 101 Å². The van der Waals surface area contributed by atoms with E-state index in [2.05, 4.69) is 9.72 Å². The molecule has 0 fully saturated rings. The molecule has 5 nitrogen and oxygen atoms in total. The summed E-state index contributed by atoms with van der Waals surface area (Å²) in [6.45, 7) is 3.71. The summed E-state index contributed by atoms with van der Waals surface area (Å²) in [6.07, 6.45) is -4.41. The summed E-state index contributed by atoms with van der Waals surface area (Å²) in [5, 5.41) is 4.22. The van der Waals surface area contributed by atoms with Crippen molar-refractivity contribution in [1.82, 2.24) is 4.57 Å². The molecule has 0 spiro atoms. The molecule has 0 atom stereocenters. The van der Waals surface area contributed by atoms with E-state index in [9.17, 15) is 13.2 Å². The minimum Gasteiger partial charge on any atom is -0.497 e. The van der Waals surface area contributed by atoms with Gasteiger partial charge in [0.1, 0.15) is 18.1 Å². The third kappa shape index (κ3) is 5.80. The van der Waals surface area contributed by atoms with Gasteiger partial charge in [-0.3, -0.25) is 0 Å². The van der Waals surface area contributed by atoms with Crippen LogP contribution in [-0.4, -0.2) is 24.5 Å². The number of rotatable bonds is 8. The summed E-state index contributed by atoms with van der Waals surface area (Å²) >= 11 is 0. The van der Waals surface area contributed by atoms with Crippen LogP contribution in [0, 0.1) is 6.92 Å². The molecule has 0 N–H and O–H groups in total. The molecule has 0 unspecified atom stereocenters. The van der Waals surface area contributed by atoms with Gasteiger partial charge in [-0.1, -0.05) is 23.4 Å². The maximum atomic E-state index is 13.0. The lowest BCUT2D eigenvalue weighted by molar-refractivity contribution is -0.137. The molecule has 4 rings (SSSR count). The Bertz CT molecular complexity index is 1410. The third-order valence-corrected chi connectivity index (χ3v) is 6.02. The van der Waals surface area contributed by atoms with Crippen LogP contribution >= 0.6 is 0 Å². The van der Waals surface area contributed by atoms with Gasteiger partial charge in [-0.25, -0.2) is 0 Å².